The highest BCUT2D eigenvalue weighted by atomic mass is 32.2. The molecule has 1 aliphatic heterocycles. The molecule has 176 valence electrons. The molecule has 1 heterocycles. The first-order valence-electron chi connectivity index (χ1n) is 9.54. The average molecular weight is 480 g/mol. The molecule has 3 atom stereocenters. The van der Waals surface area contributed by atoms with Gasteiger partial charge in [0.05, 0.1) is 43.7 Å². The van der Waals surface area contributed by atoms with Gasteiger partial charge >= 0.3 is 5.97 Å². The Morgan fingerprint density at radius 2 is 1.81 bits per heavy atom. The molecule has 10 nitrogen and oxygen atoms in total. The molecule has 1 saturated heterocycles. The van der Waals surface area contributed by atoms with E-state index in [0.717, 1.165) is 13.4 Å². The second kappa shape index (κ2) is 9.82. The first-order chi connectivity index (χ1) is 14.3. The fraction of sp³-hybridized carbons (Fsp3) is 0.632. The van der Waals surface area contributed by atoms with Crippen molar-refractivity contribution >= 4 is 26.1 Å². The molecule has 0 bridgehead atoms. The number of hydrogen-bond donors (Lipinski definition) is 1. The van der Waals surface area contributed by atoms with Crippen molar-refractivity contribution in [3.63, 3.8) is 0 Å². The van der Waals surface area contributed by atoms with Gasteiger partial charge in [0, 0.05) is 0 Å². The standard InChI is InChI=1S/C19H29NO9S2/c1-19(2)12-13(10-11-28-30(5,22)23)17(29-19)16(18(21)27-4)20-31(24,25)15-8-6-14(26-3)7-9-15/h6-9,13,16-17,20H,10-12H2,1-5H3/t13-,16-,17-/m1/s1. The molecule has 12 heteroatoms. The van der Waals surface area contributed by atoms with E-state index in [4.69, 9.17) is 18.4 Å². The number of carbonyl (C=O) groups excluding carboxylic acids is 1. The van der Waals surface area contributed by atoms with E-state index in [1.165, 1.54) is 31.4 Å². The van der Waals surface area contributed by atoms with Crippen molar-refractivity contribution in [2.24, 2.45) is 5.92 Å². The maximum atomic E-state index is 12.9. The number of benzene rings is 1. The smallest absolute Gasteiger partial charge is 0.326 e. The largest absolute Gasteiger partial charge is 0.497 e. The van der Waals surface area contributed by atoms with Crippen molar-refractivity contribution in [1.29, 1.82) is 0 Å². The lowest BCUT2D eigenvalue weighted by Crippen LogP contribution is -2.51. The fourth-order valence-electron chi connectivity index (χ4n) is 3.58. The van der Waals surface area contributed by atoms with Gasteiger partial charge in [-0.2, -0.15) is 13.1 Å². The zero-order chi connectivity index (χ0) is 23.4. The van der Waals surface area contributed by atoms with E-state index < -0.39 is 43.9 Å². The summed E-state index contributed by atoms with van der Waals surface area (Å²) < 4.78 is 71.4. The van der Waals surface area contributed by atoms with Crippen LogP contribution < -0.4 is 9.46 Å². The summed E-state index contributed by atoms with van der Waals surface area (Å²) in [7, 11) is -5.11. The zero-order valence-corrected chi connectivity index (χ0v) is 19.8. The van der Waals surface area contributed by atoms with E-state index in [1.54, 1.807) is 0 Å². The summed E-state index contributed by atoms with van der Waals surface area (Å²) in [5, 5.41) is 0. The predicted molar refractivity (Wildman–Crippen MR) is 112 cm³/mol. The number of methoxy groups -OCH3 is 2. The minimum Gasteiger partial charge on any atom is -0.497 e. The Labute approximate surface area is 183 Å². The molecule has 0 saturated carbocycles. The Hall–Kier alpha value is -1.73. The SMILES string of the molecule is COC(=O)[C@H](NS(=O)(=O)c1ccc(OC)cc1)[C@@H]1OC(C)(C)C[C@H]1CCOS(C)(=O)=O. The number of ether oxygens (including phenoxy) is 3. The average Bonchev–Trinajstić information content (AvgIpc) is 2.98. The second-order valence-corrected chi connectivity index (χ2v) is 11.3. The van der Waals surface area contributed by atoms with Crippen molar-refractivity contribution in [2.75, 3.05) is 27.1 Å². The Morgan fingerprint density at radius 1 is 1.19 bits per heavy atom. The minimum atomic E-state index is -4.09. The van der Waals surface area contributed by atoms with Crippen LogP contribution in [0.2, 0.25) is 0 Å². The van der Waals surface area contributed by atoms with E-state index in [1.807, 2.05) is 13.8 Å². The summed E-state index contributed by atoms with van der Waals surface area (Å²) in [5.74, 6) is -0.677. The monoisotopic (exact) mass is 479 g/mol. The maximum Gasteiger partial charge on any atom is 0.326 e. The molecule has 0 aliphatic carbocycles. The number of carbonyl (C=O) groups is 1. The van der Waals surface area contributed by atoms with Crippen molar-refractivity contribution in [2.45, 2.75) is 49.3 Å². The van der Waals surface area contributed by atoms with Crippen LogP contribution in [0.5, 0.6) is 5.75 Å². The summed E-state index contributed by atoms with van der Waals surface area (Å²) in [5.41, 5.74) is -0.655. The van der Waals surface area contributed by atoms with Crippen LogP contribution in [0, 0.1) is 5.92 Å². The first-order valence-corrected chi connectivity index (χ1v) is 12.8. The van der Waals surface area contributed by atoms with Crippen LogP contribution in [0.25, 0.3) is 0 Å². The van der Waals surface area contributed by atoms with Crippen LogP contribution >= 0.6 is 0 Å². The molecular formula is C19H29NO9S2. The highest BCUT2D eigenvalue weighted by Crippen LogP contribution is 2.38. The fourth-order valence-corrected chi connectivity index (χ4v) is 5.18. The van der Waals surface area contributed by atoms with Gasteiger partial charge in [0.25, 0.3) is 10.1 Å². The van der Waals surface area contributed by atoms with Gasteiger partial charge in [-0.05, 0) is 56.9 Å². The van der Waals surface area contributed by atoms with Gasteiger partial charge in [-0.25, -0.2) is 8.42 Å². The third-order valence-electron chi connectivity index (χ3n) is 4.90. The molecule has 1 aliphatic rings. The van der Waals surface area contributed by atoms with Crippen molar-refractivity contribution in [1.82, 2.24) is 4.72 Å². The van der Waals surface area contributed by atoms with Gasteiger partial charge in [0.2, 0.25) is 10.0 Å². The molecule has 1 aromatic rings. The predicted octanol–water partition coefficient (Wildman–Crippen LogP) is 1.07. The Balaban J connectivity index is 2.28. The van der Waals surface area contributed by atoms with Crippen molar-refractivity contribution in [3.8, 4) is 5.75 Å². The molecule has 0 amide bonds. The lowest BCUT2D eigenvalue weighted by atomic mass is 9.89. The van der Waals surface area contributed by atoms with Gasteiger partial charge < -0.3 is 14.2 Å². The van der Waals surface area contributed by atoms with Gasteiger partial charge in [-0.3, -0.25) is 8.98 Å². The normalized spacial score (nSPS) is 22.1. The number of esters is 1. The third kappa shape index (κ3) is 7.14. The number of rotatable bonds is 10. The molecule has 0 spiro atoms. The molecule has 0 aromatic heterocycles. The van der Waals surface area contributed by atoms with Crippen LogP contribution in [-0.2, 0) is 38.6 Å². The molecule has 31 heavy (non-hydrogen) atoms. The van der Waals surface area contributed by atoms with E-state index >= 15 is 0 Å². The Bertz CT molecular complexity index is 972. The van der Waals surface area contributed by atoms with Gasteiger partial charge in [0.15, 0.2) is 0 Å². The van der Waals surface area contributed by atoms with Gasteiger partial charge in [-0.15, -0.1) is 0 Å². The quantitative estimate of drug-likeness (QED) is 0.386. The number of nitrogens with one attached hydrogen (secondary N) is 1. The topological polar surface area (TPSA) is 134 Å². The van der Waals surface area contributed by atoms with Crippen LogP contribution in [0.1, 0.15) is 26.7 Å². The molecule has 0 unspecified atom stereocenters. The lowest BCUT2D eigenvalue weighted by Gasteiger charge is -2.27. The Morgan fingerprint density at radius 3 is 2.32 bits per heavy atom. The summed E-state index contributed by atoms with van der Waals surface area (Å²) in [6.07, 6.45) is 0.792. The molecular weight excluding hydrogens is 450 g/mol. The highest BCUT2D eigenvalue weighted by molar-refractivity contribution is 7.89. The summed E-state index contributed by atoms with van der Waals surface area (Å²) in [4.78, 5) is 12.5. The number of sulfonamides is 1. The molecule has 2 rings (SSSR count). The van der Waals surface area contributed by atoms with E-state index in [0.29, 0.717) is 12.2 Å². The van der Waals surface area contributed by atoms with Crippen molar-refractivity contribution in [3.05, 3.63) is 24.3 Å². The second-order valence-electron chi connectivity index (χ2n) is 7.92. The minimum absolute atomic E-state index is 0.0589. The third-order valence-corrected chi connectivity index (χ3v) is 6.95. The van der Waals surface area contributed by atoms with Crippen LogP contribution in [-0.4, -0.2) is 67.6 Å². The van der Waals surface area contributed by atoms with Gasteiger partial charge in [-0.1, -0.05) is 0 Å². The first kappa shape index (κ1) is 25.5. The summed E-state index contributed by atoms with van der Waals surface area (Å²) in [6.45, 7) is 3.51. The van der Waals surface area contributed by atoms with E-state index in [2.05, 4.69) is 4.72 Å². The summed E-state index contributed by atoms with van der Waals surface area (Å²) in [6, 6.07) is 4.35. The van der Waals surface area contributed by atoms with E-state index in [-0.39, 0.29) is 23.8 Å². The highest BCUT2D eigenvalue weighted by Gasteiger charge is 2.48. The molecule has 1 fully saturated rings. The van der Waals surface area contributed by atoms with Crippen molar-refractivity contribution < 1.29 is 40.0 Å². The molecule has 1 aromatic carbocycles. The lowest BCUT2D eigenvalue weighted by molar-refractivity contribution is -0.148. The molecule has 0 radical (unpaired) electrons. The van der Waals surface area contributed by atoms with Crippen LogP contribution in [0.3, 0.4) is 0 Å². The summed E-state index contributed by atoms with van der Waals surface area (Å²) >= 11 is 0. The zero-order valence-electron chi connectivity index (χ0n) is 18.2. The number of hydrogen-bond acceptors (Lipinski definition) is 9. The molecule has 1 N–H and O–H groups in total. The Kier molecular flexibility index (Phi) is 8.09. The maximum absolute atomic E-state index is 12.9. The van der Waals surface area contributed by atoms with Gasteiger partial charge in [0.1, 0.15) is 11.8 Å². The van der Waals surface area contributed by atoms with Crippen LogP contribution in [0.15, 0.2) is 29.2 Å². The van der Waals surface area contributed by atoms with Crippen LogP contribution in [0.4, 0.5) is 0 Å². The van der Waals surface area contributed by atoms with E-state index in [9.17, 15) is 21.6 Å².